The summed E-state index contributed by atoms with van der Waals surface area (Å²) in [5.41, 5.74) is 3.61. The Hall–Kier alpha value is -3.84. The van der Waals surface area contributed by atoms with Gasteiger partial charge in [-0.05, 0) is 72.1 Å². The molecule has 0 aliphatic heterocycles. The molecule has 0 fully saturated rings. The van der Waals surface area contributed by atoms with E-state index in [0.29, 0.717) is 35.7 Å². The number of Topliss-reactive ketones (excluding diaryl/α,β-unsaturated/α-hetero) is 1. The van der Waals surface area contributed by atoms with Gasteiger partial charge in [0.25, 0.3) is 0 Å². The van der Waals surface area contributed by atoms with E-state index < -0.39 is 5.91 Å². The number of hydrogen-bond donors (Lipinski definition) is 2. The van der Waals surface area contributed by atoms with Gasteiger partial charge < -0.3 is 20.1 Å². The zero-order valence-corrected chi connectivity index (χ0v) is 27.7. The summed E-state index contributed by atoms with van der Waals surface area (Å²) in [6.07, 6.45) is 2.42. The van der Waals surface area contributed by atoms with Crippen LogP contribution in [0.3, 0.4) is 0 Å². The van der Waals surface area contributed by atoms with Crippen LogP contribution in [-0.2, 0) is 20.4 Å². The highest BCUT2D eigenvalue weighted by atomic mass is 35.5. The van der Waals surface area contributed by atoms with Gasteiger partial charge in [-0.2, -0.15) is 0 Å². The lowest BCUT2D eigenvalue weighted by molar-refractivity contribution is -0.116. The van der Waals surface area contributed by atoms with Crippen LogP contribution in [0.2, 0.25) is 5.02 Å². The molecule has 0 spiro atoms. The Morgan fingerprint density at radius 3 is 2.20 bits per heavy atom. The van der Waals surface area contributed by atoms with Crippen LogP contribution in [0.25, 0.3) is 0 Å². The number of ketones is 1. The van der Waals surface area contributed by atoms with Crippen molar-refractivity contribution in [1.29, 1.82) is 0 Å². The normalized spacial score (nSPS) is 11.5. The van der Waals surface area contributed by atoms with Gasteiger partial charge in [0.1, 0.15) is 11.5 Å². The summed E-state index contributed by atoms with van der Waals surface area (Å²) >= 11 is 6.29. The molecule has 0 aliphatic carbocycles. The molecule has 236 valence electrons. The quantitative estimate of drug-likeness (QED) is 0.101. The maximum atomic E-state index is 12.7. The second-order valence-corrected chi connectivity index (χ2v) is 12.6. The van der Waals surface area contributed by atoms with Crippen molar-refractivity contribution < 1.29 is 23.9 Å². The fourth-order valence-corrected chi connectivity index (χ4v) is 4.81. The molecule has 0 radical (unpaired) electrons. The monoisotopic (exact) mass is 620 g/mol. The van der Waals surface area contributed by atoms with Gasteiger partial charge in [0.15, 0.2) is 5.78 Å². The van der Waals surface area contributed by atoms with Crippen LogP contribution < -0.4 is 20.1 Å². The molecule has 44 heavy (non-hydrogen) atoms. The average molecular weight is 621 g/mol. The molecular formula is C36H45ClN2O5. The number of halogens is 1. The van der Waals surface area contributed by atoms with Gasteiger partial charge in [0, 0.05) is 17.7 Å². The van der Waals surface area contributed by atoms with Gasteiger partial charge in [-0.25, -0.2) is 0 Å². The summed E-state index contributed by atoms with van der Waals surface area (Å²) in [5, 5.41) is 5.80. The van der Waals surface area contributed by atoms with E-state index in [4.69, 9.17) is 21.1 Å². The number of hydrogen-bond acceptors (Lipinski definition) is 5. The number of anilines is 2. The van der Waals surface area contributed by atoms with E-state index in [0.717, 1.165) is 18.6 Å². The minimum absolute atomic E-state index is 0.0457. The molecule has 0 aromatic heterocycles. The van der Waals surface area contributed by atoms with Crippen LogP contribution in [0.5, 0.6) is 11.5 Å². The highest BCUT2D eigenvalue weighted by Gasteiger charge is 2.26. The number of rotatable bonds is 15. The van der Waals surface area contributed by atoms with Crippen LogP contribution in [0, 0.1) is 0 Å². The fourth-order valence-electron chi connectivity index (χ4n) is 4.65. The number of benzene rings is 3. The number of amides is 2. The zero-order chi connectivity index (χ0) is 32.5. The van der Waals surface area contributed by atoms with Crippen molar-refractivity contribution in [2.45, 2.75) is 84.5 Å². The van der Waals surface area contributed by atoms with Crippen LogP contribution in [0.15, 0.2) is 60.7 Å². The van der Waals surface area contributed by atoms with Crippen molar-refractivity contribution in [3.05, 3.63) is 82.4 Å². The Labute approximate surface area is 266 Å². The number of carbonyl (C=O) groups excluding carboxylic acids is 3. The van der Waals surface area contributed by atoms with Gasteiger partial charge in [-0.1, -0.05) is 77.4 Å². The van der Waals surface area contributed by atoms with Gasteiger partial charge in [-0.15, -0.1) is 0 Å². The maximum absolute atomic E-state index is 12.7. The number of nitrogens with one attached hydrogen (secondary N) is 2. The standard InChI is InChI=1S/C36H45ClN2O5/c1-8-35(3,4)24-16-19-32(27(21-24)36(5,6)9-2)44-20-12-15-33(41)38-25-17-18-28(37)29(22-25)39-34(42)23-30(40)26-13-10-11-14-31(26)43-7/h10-11,13-14,16-19,21-22H,8-9,12,15,20,23H2,1-7H3,(H,38,41)(H,39,42). The summed E-state index contributed by atoms with van der Waals surface area (Å²) in [7, 11) is 1.47. The van der Waals surface area contributed by atoms with Gasteiger partial charge in [0.05, 0.1) is 36.4 Å². The molecule has 3 aromatic rings. The molecule has 0 saturated carbocycles. The molecule has 0 aliphatic rings. The van der Waals surface area contributed by atoms with Gasteiger partial charge >= 0.3 is 0 Å². The third-order valence-electron chi connectivity index (χ3n) is 8.32. The Balaban J connectivity index is 1.57. The lowest BCUT2D eigenvalue weighted by atomic mass is 9.76. The molecule has 3 rings (SSSR count). The zero-order valence-electron chi connectivity index (χ0n) is 26.9. The highest BCUT2D eigenvalue weighted by molar-refractivity contribution is 6.34. The summed E-state index contributed by atoms with van der Waals surface area (Å²) in [4.78, 5) is 38.0. The van der Waals surface area contributed by atoms with Crippen LogP contribution >= 0.6 is 11.6 Å². The molecule has 7 nitrogen and oxygen atoms in total. The number of para-hydroxylation sites is 1. The molecule has 2 amide bonds. The summed E-state index contributed by atoms with van der Waals surface area (Å²) in [5.74, 6) is 0.163. The second-order valence-electron chi connectivity index (χ2n) is 12.2. The minimum Gasteiger partial charge on any atom is -0.496 e. The van der Waals surface area contributed by atoms with Crippen molar-refractivity contribution in [3.63, 3.8) is 0 Å². The molecule has 0 atom stereocenters. The fraction of sp³-hybridized carbons (Fsp3) is 0.417. The van der Waals surface area contributed by atoms with Crippen LogP contribution in [0.4, 0.5) is 11.4 Å². The van der Waals surface area contributed by atoms with E-state index in [2.05, 4.69) is 70.4 Å². The maximum Gasteiger partial charge on any atom is 0.232 e. The Morgan fingerprint density at radius 1 is 0.818 bits per heavy atom. The number of methoxy groups -OCH3 is 1. The number of ether oxygens (including phenoxy) is 2. The van der Waals surface area contributed by atoms with Crippen molar-refractivity contribution in [3.8, 4) is 11.5 Å². The van der Waals surface area contributed by atoms with E-state index in [-0.39, 0.29) is 40.4 Å². The van der Waals surface area contributed by atoms with Gasteiger partial charge in [0.2, 0.25) is 11.8 Å². The highest BCUT2D eigenvalue weighted by Crippen LogP contribution is 2.38. The van der Waals surface area contributed by atoms with Crippen molar-refractivity contribution >= 4 is 40.6 Å². The molecule has 2 N–H and O–H groups in total. The summed E-state index contributed by atoms with van der Waals surface area (Å²) < 4.78 is 11.4. The van der Waals surface area contributed by atoms with Crippen LogP contribution in [-0.4, -0.2) is 31.3 Å². The number of carbonyl (C=O) groups is 3. The molecule has 3 aromatic carbocycles. The van der Waals surface area contributed by atoms with E-state index in [1.807, 2.05) is 0 Å². The summed E-state index contributed by atoms with van der Waals surface area (Å²) in [6.45, 7) is 13.8. The van der Waals surface area contributed by atoms with E-state index >= 15 is 0 Å². The first-order valence-electron chi connectivity index (χ1n) is 15.1. The molecule has 0 heterocycles. The largest absolute Gasteiger partial charge is 0.496 e. The molecule has 0 bridgehead atoms. The second kappa shape index (κ2) is 15.2. The van der Waals surface area contributed by atoms with E-state index in [1.54, 1.807) is 42.5 Å². The summed E-state index contributed by atoms with van der Waals surface area (Å²) in [6, 6.07) is 18.0. The van der Waals surface area contributed by atoms with Crippen LogP contribution in [0.1, 0.15) is 95.1 Å². The molecule has 8 heteroatoms. The first kappa shape index (κ1) is 34.6. The Bertz CT molecular complexity index is 1480. The minimum atomic E-state index is -0.527. The Morgan fingerprint density at radius 2 is 1.52 bits per heavy atom. The topological polar surface area (TPSA) is 93.7 Å². The third kappa shape index (κ3) is 9.08. The molecule has 0 saturated heterocycles. The van der Waals surface area contributed by atoms with Gasteiger partial charge in [-0.3, -0.25) is 14.4 Å². The SMILES string of the molecule is CCC(C)(C)c1ccc(OCCCC(=O)Nc2ccc(Cl)c(NC(=O)CC(=O)c3ccccc3OC)c2)c(C(C)(C)CC)c1. The molecular weight excluding hydrogens is 576 g/mol. The van der Waals surface area contributed by atoms with E-state index in [1.165, 1.54) is 18.2 Å². The predicted octanol–water partition coefficient (Wildman–Crippen LogP) is 8.73. The predicted molar refractivity (Wildman–Crippen MR) is 178 cm³/mol. The Kier molecular flexibility index (Phi) is 12.0. The first-order chi connectivity index (χ1) is 20.8. The first-order valence-corrected chi connectivity index (χ1v) is 15.5. The van der Waals surface area contributed by atoms with Crippen molar-refractivity contribution in [2.24, 2.45) is 0 Å². The van der Waals surface area contributed by atoms with Crippen molar-refractivity contribution in [2.75, 3.05) is 24.4 Å². The smallest absolute Gasteiger partial charge is 0.232 e. The lowest BCUT2D eigenvalue weighted by Crippen LogP contribution is -2.21. The van der Waals surface area contributed by atoms with E-state index in [9.17, 15) is 14.4 Å². The van der Waals surface area contributed by atoms with Crippen molar-refractivity contribution in [1.82, 2.24) is 0 Å². The average Bonchev–Trinajstić information content (AvgIpc) is 3.00. The molecule has 0 unspecified atom stereocenters. The lowest BCUT2D eigenvalue weighted by Gasteiger charge is -2.30. The third-order valence-corrected chi connectivity index (χ3v) is 8.65.